The number of ether oxygens (including phenoxy) is 1. The number of hydrogen-bond acceptors (Lipinski definition) is 5. The maximum Gasteiger partial charge on any atom is 0.415 e. The molecule has 7 nitrogen and oxygen atoms in total. The molecule has 3 aromatic rings. The van der Waals surface area contributed by atoms with Gasteiger partial charge in [-0.3, -0.25) is 9.78 Å². The van der Waals surface area contributed by atoms with Gasteiger partial charge in [-0.2, -0.15) is 0 Å². The van der Waals surface area contributed by atoms with Crippen molar-refractivity contribution in [1.82, 2.24) is 14.8 Å². The van der Waals surface area contributed by atoms with Crippen molar-refractivity contribution < 1.29 is 18.7 Å². The molecule has 0 saturated carbocycles. The minimum Gasteiger partial charge on any atom is -0.449 e. The highest BCUT2D eigenvalue weighted by molar-refractivity contribution is 6.35. The standard InChI is InChI=1S/C21H20ClN3O4/c1-13-5-6-16(22)19-17(13)14(2)18(29-19)20(26)24-8-10-25(11-9-24)21(27)28-15-4-3-7-23-12-15/h3-7,12H,8-11H2,1-2H3. The zero-order valence-corrected chi connectivity index (χ0v) is 16.9. The van der Waals surface area contributed by atoms with Gasteiger partial charge in [0, 0.05) is 43.3 Å². The number of fused-ring (bicyclic) bond motifs is 1. The van der Waals surface area contributed by atoms with E-state index >= 15 is 0 Å². The number of benzene rings is 1. The molecule has 3 heterocycles. The van der Waals surface area contributed by atoms with Crippen molar-refractivity contribution in [3.05, 3.63) is 58.6 Å². The quantitative estimate of drug-likeness (QED) is 0.633. The third-order valence-electron chi connectivity index (χ3n) is 5.10. The predicted molar refractivity (Wildman–Crippen MR) is 108 cm³/mol. The lowest BCUT2D eigenvalue weighted by Crippen LogP contribution is -2.51. The van der Waals surface area contributed by atoms with Gasteiger partial charge in [-0.05, 0) is 37.6 Å². The molecule has 2 amide bonds. The molecule has 1 aliphatic heterocycles. The van der Waals surface area contributed by atoms with E-state index in [1.54, 1.807) is 34.2 Å². The fraction of sp³-hybridized carbons (Fsp3) is 0.286. The molecular formula is C21H20ClN3O4. The van der Waals surface area contributed by atoms with Crippen LogP contribution in [0.25, 0.3) is 11.0 Å². The van der Waals surface area contributed by atoms with Crippen molar-refractivity contribution in [3.8, 4) is 5.75 Å². The summed E-state index contributed by atoms with van der Waals surface area (Å²) in [7, 11) is 0. The van der Waals surface area contributed by atoms with Crippen LogP contribution in [0.15, 0.2) is 41.1 Å². The van der Waals surface area contributed by atoms with Gasteiger partial charge in [-0.25, -0.2) is 4.79 Å². The first-order valence-corrected chi connectivity index (χ1v) is 9.67. The van der Waals surface area contributed by atoms with Gasteiger partial charge >= 0.3 is 6.09 Å². The highest BCUT2D eigenvalue weighted by atomic mass is 35.5. The number of nitrogens with zero attached hydrogens (tertiary/aromatic N) is 3. The summed E-state index contributed by atoms with van der Waals surface area (Å²) in [5.41, 5.74) is 2.32. The highest BCUT2D eigenvalue weighted by Crippen LogP contribution is 2.34. The molecule has 29 heavy (non-hydrogen) atoms. The van der Waals surface area contributed by atoms with Gasteiger partial charge in [-0.1, -0.05) is 17.7 Å². The zero-order valence-electron chi connectivity index (χ0n) is 16.1. The molecule has 0 unspecified atom stereocenters. The second kappa shape index (κ2) is 7.75. The molecule has 4 rings (SSSR count). The van der Waals surface area contributed by atoms with E-state index in [4.69, 9.17) is 20.8 Å². The number of aromatic nitrogens is 1. The van der Waals surface area contributed by atoms with Crippen LogP contribution in [0.3, 0.4) is 0 Å². The largest absolute Gasteiger partial charge is 0.449 e. The maximum absolute atomic E-state index is 13.0. The zero-order chi connectivity index (χ0) is 20.5. The van der Waals surface area contributed by atoms with Gasteiger partial charge in [0.15, 0.2) is 17.1 Å². The maximum atomic E-state index is 13.0. The number of aryl methyl sites for hydroxylation is 2. The number of pyridine rings is 1. The molecule has 0 aliphatic carbocycles. The summed E-state index contributed by atoms with van der Waals surface area (Å²) < 4.78 is 11.2. The van der Waals surface area contributed by atoms with Crippen molar-refractivity contribution in [2.75, 3.05) is 26.2 Å². The van der Waals surface area contributed by atoms with Crippen LogP contribution in [0, 0.1) is 13.8 Å². The number of carbonyl (C=O) groups excluding carboxylic acids is 2. The number of piperazine rings is 1. The minimum atomic E-state index is -0.451. The summed E-state index contributed by atoms with van der Waals surface area (Å²) in [6, 6.07) is 7.04. The fourth-order valence-electron chi connectivity index (χ4n) is 3.53. The Kier molecular flexibility index (Phi) is 5.15. The molecular weight excluding hydrogens is 394 g/mol. The number of rotatable bonds is 2. The highest BCUT2D eigenvalue weighted by Gasteiger charge is 2.29. The van der Waals surface area contributed by atoms with Gasteiger partial charge in [0.2, 0.25) is 0 Å². The molecule has 0 N–H and O–H groups in total. The van der Waals surface area contributed by atoms with Crippen molar-refractivity contribution in [2.45, 2.75) is 13.8 Å². The van der Waals surface area contributed by atoms with Crippen LogP contribution < -0.4 is 4.74 Å². The number of hydrogen-bond donors (Lipinski definition) is 0. The normalized spacial score (nSPS) is 14.3. The molecule has 8 heteroatoms. The van der Waals surface area contributed by atoms with Crippen LogP contribution in [-0.4, -0.2) is 53.0 Å². The van der Waals surface area contributed by atoms with E-state index in [-0.39, 0.29) is 5.91 Å². The van der Waals surface area contributed by atoms with Crippen LogP contribution in [0.4, 0.5) is 4.79 Å². The summed E-state index contributed by atoms with van der Waals surface area (Å²) in [4.78, 5) is 32.5. The topological polar surface area (TPSA) is 75.9 Å². The summed E-state index contributed by atoms with van der Waals surface area (Å²) in [6.07, 6.45) is 2.64. The van der Waals surface area contributed by atoms with E-state index < -0.39 is 6.09 Å². The Bertz CT molecular complexity index is 1070. The van der Waals surface area contributed by atoms with Gasteiger partial charge in [-0.15, -0.1) is 0 Å². The molecule has 0 radical (unpaired) electrons. The Morgan fingerprint density at radius 3 is 2.48 bits per heavy atom. The predicted octanol–water partition coefficient (Wildman–Crippen LogP) is 4.05. The van der Waals surface area contributed by atoms with Gasteiger partial charge in [0.05, 0.1) is 11.2 Å². The number of halogens is 1. The average molecular weight is 414 g/mol. The minimum absolute atomic E-state index is 0.200. The molecule has 1 fully saturated rings. The van der Waals surface area contributed by atoms with Crippen LogP contribution in [0.2, 0.25) is 5.02 Å². The van der Waals surface area contributed by atoms with Crippen LogP contribution in [-0.2, 0) is 0 Å². The Morgan fingerprint density at radius 1 is 1.10 bits per heavy atom. The van der Waals surface area contributed by atoms with E-state index in [0.29, 0.717) is 48.3 Å². The van der Waals surface area contributed by atoms with Crippen molar-refractivity contribution >= 4 is 34.6 Å². The molecule has 1 saturated heterocycles. The van der Waals surface area contributed by atoms with Crippen LogP contribution in [0.5, 0.6) is 5.75 Å². The Morgan fingerprint density at radius 2 is 1.83 bits per heavy atom. The van der Waals surface area contributed by atoms with Crippen molar-refractivity contribution in [1.29, 1.82) is 0 Å². The first-order chi connectivity index (χ1) is 14.0. The first kappa shape index (κ1) is 19.3. The second-order valence-electron chi connectivity index (χ2n) is 6.96. The third-order valence-corrected chi connectivity index (χ3v) is 5.39. The summed E-state index contributed by atoms with van der Waals surface area (Å²) in [5.74, 6) is 0.484. The molecule has 150 valence electrons. The van der Waals surface area contributed by atoms with Crippen LogP contribution in [0.1, 0.15) is 21.7 Å². The van der Waals surface area contributed by atoms with E-state index in [9.17, 15) is 9.59 Å². The van der Waals surface area contributed by atoms with E-state index in [0.717, 1.165) is 16.5 Å². The number of furan rings is 1. The average Bonchev–Trinajstić information content (AvgIpc) is 3.09. The summed E-state index contributed by atoms with van der Waals surface area (Å²) in [6.45, 7) is 5.37. The smallest absolute Gasteiger partial charge is 0.415 e. The second-order valence-corrected chi connectivity index (χ2v) is 7.37. The molecule has 1 aliphatic rings. The summed E-state index contributed by atoms with van der Waals surface area (Å²) in [5, 5.41) is 1.36. The van der Waals surface area contributed by atoms with Crippen molar-refractivity contribution in [2.24, 2.45) is 0 Å². The Balaban J connectivity index is 1.45. The SMILES string of the molecule is Cc1ccc(Cl)c2oc(C(=O)N3CCN(C(=O)Oc4cccnc4)CC3)c(C)c12. The van der Waals surface area contributed by atoms with E-state index in [2.05, 4.69) is 4.98 Å². The molecule has 1 aromatic carbocycles. The lowest BCUT2D eigenvalue weighted by atomic mass is 10.1. The van der Waals surface area contributed by atoms with Gasteiger partial charge in [0.25, 0.3) is 5.91 Å². The van der Waals surface area contributed by atoms with Crippen LogP contribution >= 0.6 is 11.6 Å². The summed E-state index contributed by atoms with van der Waals surface area (Å²) >= 11 is 6.24. The Labute approximate surface area is 172 Å². The third kappa shape index (κ3) is 3.65. The van der Waals surface area contributed by atoms with Crippen molar-refractivity contribution in [3.63, 3.8) is 0 Å². The fourth-order valence-corrected chi connectivity index (χ4v) is 3.72. The molecule has 2 aromatic heterocycles. The van der Waals surface area contributed by atoms with Gasteiger partial charge in [0.1, 0.15) is 0 Å². The van der Waals surface area contributed by atoms with E-state index in [1.165, 1.54) is 6.20 Å². The molecule has 0 spiro atoms. The lowest BCUT2D eigenvalue weighted by molar-refractivity contribution is 0.0605. The monoisotopic (exact) mass is 413 g/mol. The molecule has 0 atom stereocenters. The Hall–Kier alpha value is -3.06. The molecule has 0 bridgehead atoms. The number of amides is 2. The lowest BCUT2D eigenvalue weighted by Gasteiger charge is -2.33. The number of carbonyl (C=O) groups is 2. The first-order valence-electron chi connectivity index (χ1n) is 9.30. The van der Waals surface area contributed by atoms with E-state index in [1.807, 2.05) is 19.9 Å². The van der Waals surface area contributed by atoms with Gasteiger partial charge < -0.3 is 19.0 Å².